The predicted octanol–water partition coefficient (Wildman–Crippen LogP) is 0.0828. The number of carbonyl (C=O) groups is 4. The summed E-state index contributed by atoms with van der Waals surface area (Å²) in [7, 11) is 0. The highest BCUT2D eigenvalue weighted by Gasteiger charge is 2.25. The summed E-state index contributed by atoms with van der Waals surface area (Å²) in [4.78, 5) is 42.8. The van der Waals surface area contributed by atoms with Crippen molar-refractivity contribution in [1.29, 1.82) is 0 Å². The molecule has 0 N–H and O–H groups in total. The third kappa shape index (κ3) is 2.38. The summed E-state index contributed by atoms with van der Waals surface area (Å²) in [5, 5.41) is 0. The Labute approximate surface area is 69.9 Å². The van der Waals surface area contributed by atoms with Crippen molar-refractivity contribution in [1.82, 2.24) is 0 Å². The molecule has 0 aromatic carbocycles. The fourth-order valence-corrected chi connectivity index (χ4v) is 0.574. The van der Waals surface area contributed by atoms with E-state index in [1.54, 1.807) is 0 Å². The molecule has 66 valence electrons. The Morgan fingerprint density at radius 3 is 1.17 bits per heavy atom. The number of ketones is 4. The lowest BCUT2D eigenvalue weighted by molar-refractivity contribution is -0.148. The van der Waals surface area contributed by atoms with Crippen LogP contribution < -0.4 is 0 Å². The summed E-state index contributed by atoms with van der Waals surface area (Å²) in [5.74, 6) is -3.99. The van der Waals surface area contributed by atoms with Crippen LogP contribution in [0.25, 0.3) is 0 Å². The lowest BCUT2D eigenvalue weighted by Crippen LogP contribution is -2.29. The molecule has 0 aromatic heterocycles. The molecule has 0 saturated carbocycles. The molecule has 4 nitrogen and oxygen atoms in total. The van der Waals surface area contributed by atoms with Crippen molar-refractivity contribution in [3.63, 3.8) is 0 Å². The minimum absolute atomic E-state index is 0.0401. The highest BCUT2D eigenvalue weighted by molar-refractivity contribution is 6.78. The lowest BCUT2D eigenvalue weighted by atomic mass is 10.1. The van der Waals surface area contributed by atoms with E-state index >= 15 is 0 Å². The van der Waals surface area contributed by atoms with Crippen LogP contribution in [-0.4, -0.2) is 23.1 Å². The van der Waals surface area contributed by atoms with Gasteiger partial charge in [0.2, 0.25) is 11.6 Å². The van der Waals surface area contributed by atoms with Crippen LogP contribution in [0.1, 0.15) is 26.7 Å². The van der Waals surface area contributed by atoms with Gasteiger partial charge in [-0.25, -0.2) is 0 Å². The van der Waals surface area contributed by atoms with E-state index in [0.717, 1.165) is 0 Å². The van der Waals surface area contributed by atoms with Gasteiger partial charge in [-0.2, -0.15) is 0 Å². The minimum Gasteiger partial charge on any atom is -0.290 e. The number of rotatable bonds is 5. The molecule has 0 rings (SSSR count). The first-order chi connectivity index (χ1) is 5.54. The van der Waals surface area contributed by atoms with Gasteiger partial charge in [-0.15, -0.1) is 0 Å². The molecular formula is C8H10O4. The summed E-state index contributed by atoms with van der Waals surface area (Å²) >= 11 is 0. The Morgan fingerprint density at radius 1 is 0.750 bits per heavy atom. The maximum absolute atomic E-state index is 10.8. The van der Waals surface area contributed by atoms with Crippen molar-refractivity contribution >= 4 is 23.1 Å². The molecule has 0 radical (unpaired) electrons. The molecule has 0 amide bonds. The molecule has 0 aromatic rings. The van der Waals surface area contributed by atoms with Crippen LogP contribution in [-0.2, 0) is 19.2 Å². The van der Waals surface area contributed by atoms with Gasteiger partial charge in [0.05, 0.1) is 0 Å². The van der Waals surface area contributed by atoms with Crippen molar-refractivity contribution in [3.8, 4) is 0 Å². The highest BCUT2D eigenvalue weighted by atomic mass is 16.2. The van der Waals surface area contributed by atoms with Crippen LogP contribution in [0, 0.1) is 0 Å². The van der Waals surface area contributed by atoms with Crippen molar-refractivity contribution < 1.29 is 19.2 Å². The highest BCUT2D eigenvalue weighted by Crippen LogP contribution is 1.90. The van der Waals surface area contributed by atoms with E-state index in [1.807, 2.05) is 0 Å². The van der Waals surface area contributed by atoms with Gasteiger partial charge in [-0.1, -0.05) is 13.8 Å². The Hall–Kier alpha value is -1.32. The lowest BCUT2D eigenvalue weighted by Gasteiger charge is -1.93. The van der Waals surface area contributed by atoms with Crippen LogP contribution in [0.15, 0.2) is 0 Å². The number of hydrogen-bond acceptors (Lipinski definition) is 4. The monoisotopic (exact) mass is 170 g/mol. The van der Waals surface area contributed by atoms with Crippen LogP contribution >= 0.6 is 0 Å². The Kier molecular flexibility index (Phi) is 4.04. The second-order valence-electron chi connectivity index (χ2n) is 2.21. The molecule has 0 aliphatic carbocycles. The summed E-state index contributed by atoms with van der Waals surface area (Å²) in [6.07, 6.45) is -0.0802. The zero-order valence-electron chi connectivity index (χ0n) is 7.05. The standard InChI is InChI=1S/C8H10O4/c1-3-5(9)7(11)8(12)6(10)4-2/h3-4H2,1-2H3. The first-order valence-electron chi connectivity index (χ1n) is 3.69. The largest absolute Gasteiger partial charge is 0.290 e. The first kappa shape index (κ1) is 10.7. The van der Waals surface area contributed by atoms with Crippen molar-refractivity contribution in [2.24, 2.45) is 0 Å². The van der Waals surface area contributed by atoms with Gasteiger partial charge >= 0.3 is 0 Å². The zero-order valence-corrected chi connectivity index (χ0v) is 7.05. The number of carbonyl (C=O) groups excluding carboxylic acids is 4. The third-order valence-corrected chi connectivity index (χ3v) is 1.35. The summed E-state index contributed by atoms with van der Waals surface area (Å²) in [6.45, 7) is 2.92. The fourth-order valence-electron chi connectivity index (χ4n) is 0.574. The molecule has 0 atom stereocenters. The van der Waals surface area contributed by atoms with Crippen molar-refractivity contribution in [2.75, 3.05) is 0 Å². The molecule has 0 unspecified atom stereocenters. The van der Waals surface area contributed by atoms with Gasteiger partial charge in [0.1, 0.15) is 0 Å². The van der Waals surface area contributed by atoms with Crippen LogP contribution in [0.3, 0.4) is 0 Å². The second-order valence-corrected chi connectivity index (χ2v) is 2.21. The zero-order chi connectivity index (χ0) is 9.72. The molecule has 0 saturated heterocycles. The molecular weight excluding hydrogens is 160 g/mol. The van der Waals surface area contributed by atoms with E-state index in [1.165, 1.54) is 13.8 Å². The number of Topliss-reactive ketones (excluding diaryl/α,β-unsaturated/α-hetero) is 4. The van der Waals surface area contributed by atoms with Gasteiger partial charge in [0.15, 0.2) is 0 Å². The van der Waals surface area contributed by atoms with Gasteiger partial charge < -0.3 is 0 Å². The Balaban J connectivity index is 4.41. The fraction of sp³-hybridized carbons (Fsp3) is 0.500. The molecule has 0 fully saturated rings. The molecule has 0 aliphatic rings. The number of hydrogen-bond donors (Lipinski definition) is 0. The molecule has 0 bridgehead atoms. The summed E-state index contributed by atoms with van der Waals surface area (Å²) in [6, 6.07) is 0. The van der Waals surface area contributed by atoms with E-state index in [9.17, 15) is 19.2 Å². The SMILES string of the molecule is CCC(=O)C(=O)C(=O)C(=O)CC. The quantitative estimate of drug-likeness (QED) is 0.433. The van der Waals surface area contributed by atoms with E-state index < -0.39 is 23.1 Å². The van der Waals surface area contributed by atoms with Gasteiger partial charge in [-0.05, 0) is 0 Å². The average molecular weight is 170 g/mol. The molecule has 0 spiro atoms. The van der Waals surface area contributed by atoms with E-state index in [-0.39, 0.29) is 12.8 Å². The van der Waals surface area contributed by atoms with Crippen molar-refractivity contribution in [3.05, 3.63) is 0 Å². The molecule has 12 heavy (non-hydrogen) atoms. The second kappa shape index (κ2) is 4.54. The van der Waals surface area contributed by atoms with Crippen molar-refractivity contribution in [2.45, 2.75) is 26.7 Å². The predicted molar refractivity (Wildman–Crippen MR) is 40.6 cm³/mol. The molecule has 0 heterocycles. The molecule has 4 heteroatoms. The first-order valence-corrected chi connectivity index (χ1v) is 3.69. The van der Waals surface area contributed by atoms with Crippen LogP contribution in [0.2, 0.25) is 0 Å². The van der Waals surface area contributed by atoms with Gasteiger partial charge in [0, 0.05) is 12.8 Å². The maximum Gasteiger partial charge on any atom is 0.272 e. The molecule has 0 aliphatic heterocycles. The Bertz CT molecular complexity index is 213. The van der Waals surface area contributed by atoms with Gasteiger partial charge in [-0.3, -0.25) is 19.2 Å². The minimum atomic E-state index is -1.19. The van der Waals surface area contributed by atoms with Gasteiger partial charge in [0.25, 0.3) is 11.6 Å². The Morgan fingerprint density at radius 2 is 1.00 bits per heavy atom. The summed E-state index contributed by atoms with van der Waals surface area (Å²) < 4.78 is 0. The third-order valence-electron chi connectivity index (χ3n) is 1.35. The van der Waals surface area contributed by atoms with E-state index in [4.69, 9.17) is 0 Å². The topological polar surface area (TPSA) is 68.3 Å². The summed E-state index contributed by atoms with van der Waals surface area (Å²) in [5.41, 5.74) is 0. The smallest absolute Gasteiger partial charge is 0.272 e. The van der Waals surface area contributed by atoms with Crippen LogP contribution in [0.5, 0.6) is 0 Å². The van der Waals surface area contributed by atoms with E-state index in [0.29, 0.717) is 0 Å². The van der Waals surface area contributed by atoms with E-state index in [2.05, 4.69) is 0 Å². The van der Waals surface area contributed by atoms with Crippen LogP contribution in [0.4, 0.5) is 0 Å². The maximum atomic E-state index is 10.8. The average Bonchev–Trinajstić information content (AvgIpc) is 2.12. The normalized spacial score (nSPS) is 9.17.